The Bertz CT molecular complexity index is 595. The molecule has 1 aromatic heterocycles. The van der Waals surface area contributed by atoms with Crippen LogP contribution < -0.4 is 11.1 Å². The van der Waals surface area contributed by atoms with Gasteiger partial charge in [-0.3, -0.25) is 4.79 Å². The molecule has 2 rings (SSSR count). The number of nitrogen functional groups attached to an aromatic ring is 1. The average molecular weight is 277 g/mol. The topological polar surface area (TPSA) is 81.2 Å². The first-order valence-corrected chi connectivity index (χ1v) is 6.69. The van der Waals surface area contributed by atoms with Crippen molar-refractivity contribution < 1.29 is 9.21 Å². The summed E-state index contributed by atoms with van der Waals surface area (Å²) in [6, 6.07) is 5.19. The Morgan fingerprint density at radius 2 is 2.32 bits per heavy atom. The smallest absolute Gasteiger partial charge is 0.260 e. The summed E-state index contributed by atoms with van der Waals surface area (Å²) in [5, 5.41) is 3.27. The molecule has 0 aliphatic carbocycles. The highest BCUT2D eigenvalue weighted by molar-refractivity contribution is 7.99. The van der Waals surface area contributed by atoms with Gasteiger partial charge < -0.3 is 15.5 Å². The maximum atomic E-state index is 11.7. The standard InChI is InChI=1S/C13H15N3O2S/c1-3-15-12(17)9-4-5-11(10(14)6-9)19-13-16-8(2)7-18-13/h4-7H,3,14H2,1-2H3,(H,15,17). The minimum atomic E-state index is -0.127. The molecular weight excluding hydrogens is 262 g/mol. The minimum absolute atomic E-state index is 0.127. The van der Waals surface area contributed by atoms with Crippen LogP contribution in [0.1, 0.15) is 23.0 Å². The molecule has 0 atom stereocenters. The van der Waals surface area contributed by atoms with E-state index in [4.69, 9.17) is 10.2 Å². The molecule has 0 spiro atoms. The van der Waals surface area contributed by atoms with Gasteiger partial charge in [-0.15, -0.1) is 0 Å². The van der Waals surface area contributed by atoms with Crippen LogP contribution in [0.5, 0.6) is 0 Å². The molecule has 0 saturated heterocycles. The molecule has 6 heteroatoms. The quantitative estimate of drug-likeness (QED) is 0.839. The monoisotopic (exact) mass is 277 g/mol. The predicted molar refractivity (Wildman–Crippen MR) is 74.2 cm³/mol. The van der Waals surface area contributed by atoms with Gasteiger partial charge in [0.1, 0.15) is 6.26 Å². The summed E-state index contributed by atoms with van der Waals surface area (Å²) in [6.07, 6.45) is 1.58. The van der Waals surface area contributed by atoms with E-state index >= 15 is 0 Å². The first kappa shape index (κ1) is 13.5. The van der Waals surface area contributed by atoms with E-state index in [9.17, 15) is 4.79 Å². The Hall–Kier alpha value is -1.95. The summed E-state index contributed by atoms with van der Waals surface area (Å²) in [6.45, 7) is 4.32. The minimum Gasteiger partial charge on any atom is -0.439 e. The lowest BCUT2D eigenvalue weighted by Crippen LogP contribution is -2.22. The van der Waals surface area contributed by atoms with Gasteiger partial charge in [0.2, 0.25) is 0 Å². The summed E-state index contributed by atoms with van der Waals surface area (Å²) in [5.41, 5.74) is 7.84. The SMILES string of the molecule is CCNC(=O)c1ccc(Sc2nc(C)co2)c(N)c1. The highest BCUT2D eigenvalue weighted by atomic mass is 32.2. The van der Waals surface area contributed by atoms with Gasteiger partial charge in [-0.25, -0.2) is 4.98 Å². The van der Waals surface area contributed by atoms with E-state index in [2.05, 4.69) is 10.3 Å². The number of carbonyl (C=O) groups excluding carboxylic acids is 1. The van der Waals surface area contributed by atoms with E-state index in [-0.39, 0.29) is 5.91 Å². The lowest BCUT2D eigenvalue weighted by Gasteiger charge is -2.06. The Balaban J connectivity index is 2.17. The van der Waals surface area contributed by atoms with Gasteiger partial charge in [0.15, 0.2) is 0 Å². The zero-order valence-electron chi connectivity index (χ0n) is 10.8. The van der Waals surface area contributed by atoms with Crippen molar-refractivity contribution in [3.8, 4) is 0 Å². The second kappa shape index (κ2) is 5.79. The van der Waals surface area contributed by atoms with Crippen LogP contribution in [0.3, 0.4) is 0 Å². The van der Waals surface area contributed by atoms with E-state index in [1.54, 1.807) is 24.5 Å². The molecule has 2 aromatic rings. The zero-order chi connectivity index (χ0) is 13.8. The average Bonchev–Trinajstić information content (AvgIpc) is 2.78. The Kier molecular flexibility index (Phi) is 4.11. The van der Waals surface area contributed by atoms with Crippen molar-refractivity contribution in [2.24, 2.45) is 0 Å². The van der Waals surface area contributed by atoms with Crippen LogP contribution in [-0.2, 0) is 0 Å². The fourth-order valence-corrected chi connectivity index (χ4v) is 2.31. The van der Waals surface area contributed by atoms with Crippen molar-refractivity contribution in [2.75, 3.05) is 12.3 Å². The highest BCUT2D eigenvalue weighted by Gasteiger charge is 2.10. The molecule has 0 radical (unpaired) electrons. The molecule has 0 unspecified atom stereocenters. The molecule has 1 heterocycles. The number of oxazole rings is 1. The number of anilines is 1. The molecule has 0 aliphatic rings. The Morgan fingerprint density at radius 3 is 2.89 bits per heavy atom. The Morgan fingerprint density at radius 1 is 1.53 bits per heavy atom. The van der Waals surface area contributed by atoms with Crippen molar-refractivity contribution in [1.82, 2.24) is 10.3 Å². The van der Waals surface area contributed by atoms with E-state index in [0.29, 0.717) is 23.0 Å². The number of amides is 1. The van der Waals surface area contributed by atoms with Crippen molar-refractivity contribution in [3.63, 3.8) is 0 Å². The first-order chi connectivity index (χ1) is 9.10. The molecule has 5 nitrogen and oxygen atoms in total. The fraction of sp³-hybridized carbons (Fsp3) is 0.231. The van der Waals surface area contributed by atoms with Crippen molar-refractivity contribution in [3.05, 3.63) is 35.7 Å². The largest absolute Gasteiger partial charge is 0.439 e. The number of nitrogens with one attached hydrogen (secondary N) is 1. The molecular formula is C13H15N3O2S. The third-order valence-electron chi connectivity index (χ3n) is 2.40. The van der Waals surface area contributed by atoms with Gasteiger partial charge in [-0.1, -0.05) is 0 Å². The molecule has 0 bridgehead atoms. The number of aromatic nitrogens is 1. The summed E-state index contributed by atoms with van der Waals surface area (Å²) < 4.78 is 5.26. The van der Waals surface area contributed by atoms with Gasteiger partial charge in [0.05, 0.1) is 5.69 Å². The maximum absolute atomic E-state index is 11.7. The van der Waals surface area contributed by atoms with Crippen LogP contribution in [0.15, 0.2) is 39.0 Å². The summed E-state index contributed by atoms with van der Waals surface area (Å²) >= 11 is 1.33. The number of hydrogen-bond donors (Lipinski definition) is 2. The van der Waals surface area contributed by atoms with Crippen LogP contribution in [-0.4, -0.2) is 17.4 Å². The molecule has 100 valence electrons. The molecule has 0 saturated carbocycles. The van der Waals surface area contributed by atoms with E-state index in [1.807, 2.05) is 13.8 Å². The molecule has 1 aromatic carbocycles. The molecule has 0 aliphatic heterocycles. The van der Waals surface area contributed by atoms with Gasteiger partial charge >= 0.3 is 0 Å². The third kappa shape index (κ3) is 3.29. The van der Waals surface area contributed by atoms with Crippen LogP contribution in [0.4, 0.5) is 5.69 Å². The number of rotatable bonds is 4. The number of nitrogens with two attached hydrogens (primary N) is 1. The summed E-state index contributed by atoms with van der Waals surface area (Å²) in [5.74, 6) is -0.127. The number of benzene rings is 1. The van der Waals surface area contributed by atoms with Crippen molar-refractivity contribution >= 4 is 23.4 Å². The van der Waals surface area contributed by atoms with Gasteiger partial charge in [-0.05, 0) is 43.8 Å². The normalized spacial score (nSPS) is 10.4. The zero-order valence-corrected chi connectivity index (χ0v) is 11.6. The van der Waals surface area contributed by atoms with Crippen LogP contribution in [0.2, 0.25) is 0 Å². The number of carbonyl (C=O) groups is 1. The lowest BCUT2D eigenvalue weighted by atomic mass is 10.2. The van der Waals surface area contributed by atoms with Crippen LogP contribution >= 0.6 is 11.8 Å². The van der Waals surface area contributed by atoms with Gasteiger partial charge in [-0.2, -0.15) is 0 Å². The molecule has 0 fully saturated rings. The van der Waals surface area contributed by atoms with Crippen molar-refractivity contribution in [2.45, 2.75) is 24.0 Å². The molecule has 19 heavy (non-hydrogen) atoms. The fourth-order valence-electron chi connectivity index (χ4n) is 1.52. The predicted octanol–water partition coefficient (Wildman–Crippen LogP) is 2.47. The van der Waals surface area contributed by atoms with E-state index in [0.717, 1.165) is 10.6 Å². The second-order valence-electron chi connectivity index (χ2n) is 3.97. The third-order valence-corrected chi connectivity index (χ3v) is 3.36. The van der Waals surface area contributed by atoms with Gasteiger partial charge in [0.25, 0.3) is 11.1 Å². The first-order valence-electron chi connectivity index (χ1n) is 5.88. The second-order valence-corrected chi connectivity index (χ2v) is 4.96. The number of aryl methyl sites for hydroxylation is 1. The molecule has 1 amide bonds. The molecule has 3 N–H and O–H groups in total. The van der Waals surface area contributed by atoms with E-state index in [1.165, 1.54) is 11.8 Å². The highest BCUT2D eigenvalue weighted by Crippen LogP contribution is 2.31. The summed E-state index contributed by atoms with van der Waals surface area (Å²) in [7, 11) is 0. The Labute approximate surface area is 115 Å². The van der Waals surface area contributed by atoms with Crippen LogP contribution in [0.25, 0.3) is 0 Å². The summed E-state index contributed by atoms with van der Waals surface area (Å²) in [4.78, 5) is 16.7. The number of nitrogens with zero attached hydrogens (tertiary/aromatic N) is 1. The maximum Gasteiger partial charge on any atom is 0.260 e. The van der Waals surface area contributed by atoms with Gasteiger partial charge in [0, 0.05) is 22.7 Å². The lowest BCUT2D eigenvalue weighted by molar-refractivity contribution is 0.0956. The van der Waals surface area contributed by atoms with Crippen molar-refractivity contribution in [1.29, 1.82) is 0 Å². The van der Waals surface area contributed by atoms with E-state index < -0.39 is 0 Å². The van der Waals surface area contributed by atoms with Crippen LogP contribution in [0, 0.1) is 6.92 Å². The number of hydrogen-bond acceptors (Lipinski definition) is 5.